The van der Waals surface area contributed by atoms with Gasteiger partial charge >= 0.3 is 0 Å². The molecule has 5 rings (SSSR count). The van der Waals surface area contributed by atoms with Crippen molar-refractivity contribution in [3.8, 4) is 6.07 Å². The summed E-state index contributed by atoms with van der Waals surface area (Å²) in [4.78, 5) is 23.0. The van der Waals surface area contributed by atoms with Crippen LogP contribution >= 0.6 is 0 Å². The van der Waals surface area contributed by atoms with Gasteiger partial charge in [-0.05, 0) is 51.0 Å². The predicted octanol–water partition coefficient (Wildman–Crippen LogP) is 3.78. The van der Waals surface area contributed by atoms with E-state index in [2.05, 4.69) is 43.6 Å². The summed E-state index contributed by atoms with van der Waals surface area (Å²) in [5, 5.41) is 10.3. The van der Waals surface area contributed by atoms with Crippen LogP contribution in [0.3, 0.4) is 0 Å². The van der Waals surface area contributed by atoms with Gasteiger partial charge in [-0.3, -0.25) is 4.79 Å². The number of carbonyl (C=O) groups excluding carboxylic acids is 1. The summed E-state index contributed by atoms with van der Waals surface area (Å²) >= 11 is 0. The highest BCUT2D eigenvalue weighted by atomic mass is 16.5. The molecule has 3 fully saturated rings. The molecule has 0 radical (unpaired) electrons. The van der Waals surface area contributed by atoms with Crippen LogP contribution < -0.4 is 4.90 Å². The molecule has 1 aromatic heterocycles. The van der Waals surface area contributed by atoms with Crippen molar-refractivity contribution >= 4 is 11.7 Å². The number of fused-ring (bicyclic) bond motifs is 1. The van der Waals surface area contributed by atoms with Gasteiger partial charge in [-0.1, -0.05) is 13.8 Å². The van der Waals surface area contributed by atoms with E-state index in [9.17, 15) is 10.1 Å². The van der Waals surface area contributed by atoms with Crippen LogP contribution in [-0.2, 0) is 27.3 Å². The van der Waals surface area contributed by atoms with Gasteiger partial charge in [0.15, 0.2) is 0 Å². The van der Waals surface area contributed by atoms with Crippen molar-refractivity contribution in [1.82, 2.24) is 9.88 Å². The zero-order valence-electron chi connectivity index (χ0n) is 21.1. The lowest BCUT2D eigenvalue weighted by Crippen LogP contribution is -2.59. The molecule has 1 aromatic rings. The van der Waals surface area contributed by atoms with Crippen molar-refractivity contribution in [2.24, 2.45) is 11.8 Å². The van der Waals surface area contributed by atoms with E-state index < -0.39 is 0 Å². The van der Waals surface area contributed by atoms with Crippen LogP contribution in [0.2, 0.25) is 0 Å². The fourth-order valence-electron chi connectivity index (χ4n) is 5.84. The molecule has 0 spiro atoms. The Balaban J connectivity index is 1.46. The Morgan fingerprint density at radius 2 is 1.88 bits per heavy atom. The van der Waals surface area contributed by atoms with Gasteiger partial charge in [0.2, 0.25) is 5.91 Å². The summed E-state index contributed by atoms with van der Waals surface area (Å²) in [5.74, 6) is 1.98. The van der Waals surface area contributed by atoms with Crippen LogP contribution in [0.15, 0.2) is 0 Å². The molecule has 1 aliphatic carbocycles. The summed E-state index contributed by atoms with van der Waals surface area (Å²) in [6, 6.07) is 2.63. The molecule has 34 heavy (non-hydrogen) atoms. The van der Waals surface area contributed by atoms with E-state index in [1.165, 1.54) is 0 Å². The van der Waals surface area contributed by atoms with Crippen LogP contribution in [-0.4, -0.2) is 60.3 Å². The molecule has 1 atom stereocenters. The Hall–Kier alpha value is -2.17. The Bertz CT molecular complexity index is 989. The first-order chi connectivity index (χ1) is 16.3. The second kappa shape index (κ2) is 9.13. The van der Waals surface area contributed by atoms with Crippen LogP contribution in [0.25, 0.3) is 0 Å². The Morgan fingerprint density at radius 3 is 2.53 bits per heavy atom. The number of hydrogen-bond acceptors (Lipinski definition) is 6. The van der Waals surface area contributed by atoms with Crippen LogP contribution in [0, 0.1) is 23.2 Å². The van der Waals surface area contributed by atoms with Crippen molar-refractivity contribution in [2.75, 3.05) is 37.7 Å². The van der Waals surface area contributed by atoms with Gasteiger partial charge in [0, 0.05) is 56.7 Å². The van der Waals surface area contributed by atoms with Crippen LogP contribution in [0.4, 0.5) is 5.82 Å². The van der Waals surface area contributed by atoms with Crippen molar-refractivity contribution in [1.29, 1.82) is 5.26 Å². The number of ether oxygens (including phenoxy) is 2. The topological polar surface area (TPSA) is 78.7 Å². The number of piperazine rings is 1. The zero-order valence-corrected chi connectivity index (χ0v) is 21.1. The number of rotatable bonds is 4. The fraction of sp³-hybridized carbons (Fsp3) is 0.741. The average Bonchev–Trinajstić information content (AvgIpc) is 3.67. The number of carbonyl (C=O) groups is 1. The third kappa shape index (κ3) is 4.43. The first-order valence-electron chi connectivity index (χ1n) is 13.0. The molecule has 0 N–H and O–H groups in total. The quantitative estimate of drug-likeness (QED) is 0.672. The highest BCUT2D eigenvalue weighted by Gasteiger charge is 2.40. The lowest BCUT2D eigenvalue weighted by atomic mass is 9.87. The minimum atomic E-state index is -0.284. The first-order valence-corrected chi connectivity index (χ1v) is 13.0. The van der Waals surface area contributed by atoms with E-state index in [0.717, 1.165) is 61.3 Å². The van der Waals surface area contributed by atoms with E-state index in [1.807, 2.05) is 0 Å². The number of amides is 1. The van der Waals surface area contributed by atoms with Gasteiger partial charge in [0.05, 0.1) is 29.5 Å². The van der Waals surface area contributed by atoms with Crippen molar-refractivity contribution in [3.63, 3.8) is 0 Å². The number of aromatic nitrogens is 1. The summed E-state index contributed by atoms with van der Waals surface area (Å²) < 4.78 is 11.6. The van der Waals surface area contributed by atoms with E-state index in [1.54, 1.807) is 0 Å². The average molecular weight is 467 g/mol. The maximum atomic E-state index is 13.4. The molecule has 2 saturated heterocycles. The van der Waals surface area contributed by atoms with Gasteiger partial charge in [0.1, 0.15) is 11.9 Å². The largest absolute Gasteiger partial charge is 0.381 e. The number of nitrogens with zero attached hydrogens (tertiary/aromatic N) is 4. The number of nitriles is 1. The van der Waals surface area contributed by atoms with Crippen LogP contribution in [0.5, 0.6) is 0 Å². The maximum absolute atomic E-state index is 13.4. The molecule has 0 bridgehead atoms. The molecule has 4 aliphatic rings. The molecule has 4 heterocycles. The number of anilines is 1. The number of pyridine rings is 1. The predicted molar refractivity (Wildman–Crippen MR) is 130 cm³/mol. The minimum absolute atomic E-state index is 0.0711. The highest BCUT2D eigenvalue weighted by molar-refractivity contribution is 5.80. The zero-order chi connectivity index (χ0) is 24.0. The molecule has 7 heteroatoms. The Kier molecular flexibility index (Phi) is 6.32. The monoisotopic (exact) mass is 466 g/mol. The second-order valence-electron chi connectivity index (χ2n) is 11.4. The standard InChI is InChI=1S/C27H38N4O3/c1-17(2)23-15-30(9-10-31(23)26(32)19-7-11-33-12-8-19)25-21(14-28)20-13-27(3,4)34-16-22(20)24(29-25)18-5-6-18/h17-19,23H,5-13,15-16H2,1-4H3/t23-/m0/s1. The van der Waals surface area contributed by atoms with Gasteiger partial charge in [-0.15, -0.1) is 0 Å². The molecule has 0 unspecified atom stereocenters. The van der Waals surface area contributed by atoms with Gasteiger partial charge < -0.3 is 19.3 Å². The number of hydrogen-bond donors (Lipinski definition) is 0. The third-order valence-electron chi connectivity index (χ3n) is 8.05. The minimum Gasteiger partial charge on any atom is -0.381 e. The molecule has 0 aromatic carbocycles. The molecule has 3 aliphatic heterocycles. The highest BCUT2D eigenvalue weighted by Crippen LogP contribution is 2.46. The van der Waals surface area contributed by atoms with E-state index in [4.69, 9.17) is 14.5 Å². The SMILES string of the molecule is CC(C)[C@@H]1CN(c2nc(C3CC3)c3c(c2C#N)CC(C)(C)OC3)CCN1C(=O)C1CCOCC1. The lowest BCUT2D eigenvalue weighted by molar-refractivity contribution is -0.142. The Labute approximate surface area is 203 Å². The first kappa shape index (κ1) is 23.6. The summed E-state index contributed by atoms with van der Waals surface area (Å²) in [6.07, 6.45) is 4.69. The summed E-state index contributed by atoms with van der Waals surface area (Å²) in [5.41, 5.74) is 3.85. The van der Waals surface area contributed by atoms with Crippen molar-refractivity contribution in [3.05, 3.63) is 22.4 Å². The smallest absolute Gasteiger partial charge is 0.226 e. The summed E-state index contributed by atoms with van der Waals surface area (Å²) in [6.45, 7) is 12.6. The Morgan fingerprint density at radius 1 is 1.15 bits per heavy atom. The van der Waals surface area contributed by atoms with Crippen LogP contribution in [0.1, 0.15) is 81.7 Å². The van der Waals surface area contributed by atoms with E-state index in [0.29, 0.717) is 50.3 Å². The van der Waals surface area contributed by atoms with Crippen molar-refractivity contribution in [2.45, 2.75) is 84.0 Å². The van der Waals surface area contributed by atoms with Gasteiger partial charge in [-0.2, -0.15) is 5.26 Å². The normalized spacial score (nSPS) is 25.2. The van der Waals surface area contributed by atoms with E-state index >= 15 is 0 Å². The molecule has 1 saturated carbocycles. The second-order valence-corrected chi connectivity index (χ2v) is 11.4. The van der Waals surface area contributed by atoms with E-state index in [-0.39, 0.29) is 23.5 Å². The van der Waals surface area contributed by atoms with Gasteiger partial charge in [0.25, 0.3) is 0 Å². The fourth-order valence-corrected chi connectivity index (χ4v) is 5.84. The maximum Gasteiger partial charge on any atom is 0.226 e. The molecular weight excluding hydrogens is 428 g/mol. The third-order valence-corrected chi connectivity index (χ3v) is 8.05. The molecule has 1 amide bonds. The molecule has 7 nitrogen and oxygen atoms in total. The van der Waals surface area contributed by atoms with Crippen molar-refractivity contribution < 1.29 is 14.3 Å². The summed E-state index contributed by atoms with van der Waals surface area (Å²) in [7, 11) is 0. The van der Waals surface area contributed by atoms with Gasteiger partial charge in [-0.25, -0.2) is 4.98 Å². The molecule has 184 valence electrons. The lowest BCUT2D eigenvalue weighted by Gasteiger charge is -2.46. The molecular formula is C27H38N4O3.